The molecule has 18 heavy (non-hydrogen) atoms. The van der Waals surface area contributed by atoms with Crippen molar-refractivity contribution in [2.75, 3.05) is 5.73 Å². The summed E-state index contributed by atoms with van der Waals surface area (Å²) in [6.07, 6.45) is 0. The third-order valence-electron chi connectivity index (χ3n) is 2.44. The van der Waals surface area contributed by atoms with Crippen molar-refractivity contribution in [2.24, 2.45) is 0 Å². The topological polar surface area (TPSA) is 72.2 Å². The van der Waals surface area contributed by atoms with Crippen LogP contribution in [0.2, 0.25) is 0 Å². The predicted molar refractivity (Wildman–Crippen MR) is 73.9 cm³/mol. The lowest BCUT2D eigenvalue weighted by Gasteiger charge is -2.07. The molecule has 2 aromatic rings. The number of aryl methyl sites for hydroxylation is 1. The van der Waals surface area contributed by atoms with E-state index in [0.717, 1.165) is 9.75 Å². The van der Waals surface area contributed by atoms with Crippen LogP contribution in [0.25, 0.3) is 0 Å². The van der Waals surface area contributed by atoms with Crippen molar-refractivity contribution >= 4 is 27.0 Å². The molecular formula is C12H14N2O2S2. The van der Waals surface area contributed by atoms with Gasteiger partial charge in [-0.05, 0) is 31.2 Å². The van der Waals surface area contributed by atoms with Gasteiger partial charge in [-0.1, -0.05) is 12.1 Å². The molecule has 0 radical (unpaired) electrons. The molecule has 3 N–H and O–H groups in total. The smallest absolute Gasteiger partial charge is 0.242 e. The van der Waals surface area contributed by atoms with Crippen LogP contribution in [0.5, 0.6) is 0 Å². The molecule has 6 heteroatoms. The molecule has 0 amide bonds. The SMILES string of the molecule is Cc1ccc(CNS(=O)(=O)c2ccccc2N)s1. The molecule has 0 spiro atoms. The maximum absolute atomic E-state index is 12.0. The lowest BCUT2D eigenvalue weighted by atomic mass is 10.3. The number of para-hydroxylation sites is 1. The Kier molecular flexibility index (Phi) is 3.70. The largest absolute Gasteiger partial charge is 0.398 e. The predicted octanol–water partition coefficient (Wildman–Crippen LogP) is 2.12. The van der Waals surface area contributed by atoms with Gasteiger partial charge in [0.1, 0.15) is 4.90 Å². The van der Waals surface area contributed by atoms with Crippen molar-refractivity contribution in [1.29, 1.82) is 0 Å². The summed E-state index contributed by atoms with van der Waals surface area (Å²) in [5.74, 6) is 0. The zero-order valence-electron chi connectivity index (χ0n) is 9.88. The number of sulfonamides is 1. The highest BCUT2D eigenvalue weighted by molar-refractivity contribution is 7.89. The number of hydrogen-bond acceptors (Lipinski definition) is 4. The molecule has 0 saturated carbocycles. The van der Waals surface area contributed by atoms with E-state index in [1.807, 2.05) is 19.1 Å². The summed E-state index contributed by atoms with van der Waals surface area (Å²) in [6, 6.07) is 10.3. The number of nitrogens with one attached hydrogen (secondary N) is 1. The average Bonchev–Trinajstić information content (AvgIpc) is 2.73. The average molecular weight is 282 g/mol. The maximum atomic E-state index is 12.0. The van der Waals surface area contributed by atoms with Gasteiger partial charge < -0.3 is 5.73 Å². The maximum Gasteiger partial charge on any atom is 0.242 e. The quantitative estimate of drug-likeness (QED) is 0.844. The Hall–Kier alpha value is -1.37. The summed E-state index contributed by atoms with van der Waals surface area (Å²) in [4.78, 5) is 2.26. The van der Waals surface area contributed by atoms with Crippen LogP contribution < -0.4 is 10.5 Å². The zero-order valence-corrected chi connectivity index (χ0v) is 11.5. The molecule has 96 valence electrons. The number of nitrogens with two attached hydrogens (primary N) is 1. The lowest BCUT2D eigenvalue weighted by molar-refractivity contribution is 0.582. The Morgan fingerprint density at radius 1 is 1.22 bits per heavy atom. The van der Waals surface area contributed by atoms with E-state index in [9.17, 15) is 8.42 Å². The lowest BCUT2D eigenvalue weighted by Crippen LogP contribution is -2.23. The number of benzene rings is 1. The Morgan fingerprint density at radius 2 is 1.94 bits per heavy atom. The number of hydrogen-bond donors (Lipinski definition) is 2. The van der Waals surface area contributed by atoms with Gasteiger partial charge in [0.15, 0.2) is 0 Å². The van der Waals surface area contributed by atoms with E-state index in [-0.39, 0.29) is 17.1 Å². The molecule has 0 saturated heterocycles. The summed E-state index contributed by atoms with van der Waals surface area (Å²) < 4.78 is 26.6. The van der Waals surface area contributed by atoms with Crippen LogP contribution in [-0.4, -0.2) is 8.42 Å². The monoisotopic (exact) mass is 282 g/mol. The summed E-state index contributed by atoms with van der Waals surface area (Å²) in [5.41, 5.74) is 5.92. The molecule has 1 aromatic heterocycles. The second kappa shape index (κ2) is 5.09. The van der Waals surface area contributed by atoms with E-state index >= 15 is 0 Å². The minimum atomic E-state index is -3.55. The van der Waals surface area contributed by atoms with Gasteiger partial charge in [0.2, 0.25) is 10.0 Å². The Morgan fingerprint density at radius 3 is 2.56 bits per heavy atom. The minimum Gasteiger partial charge on any atom is -0.398 e. The van der Waals surface area contributed by atoms with E-state index in [1.165, 1.54) is 6.07 Å². The van der Waals surface area contributed by atoms with Gasteiger partial charge in [-0.3, -0.25) is 0 Å². The summed E-state index contributed by atoms with van der Waals surface area (Å²) in [6.45, 7) is 2.27. The number of thiophene rings is 1. The second-order valence-corrected chi connectivity index (χ2v) is 6.98. The Bertz CT molecular complexity index is 648. The highest BCUT2D eigenvalue weighted by atomic mass is 32.2. The molecule has 0 bridgehead atoms. The van der Waals surface area contributed by atoms with Crippen molar-refractivity contribution in [1.82, 2.24) is 4.72 Å². The highest BCUT2D eigenvalue weighted by Crippen LogP contribution is 2.19. The van der Waals surface area contributed by atoms with Gasteiger partial charge in [0.05, 0.1) is 5.69 Å². The summed E-state index contributed by atoms with van der Waals surface area (Å²) >= 11 is 1.57. The molecule has 0 unspecified atom stereocenters. The molecule has 2 rings (SSSR count). The van der Waals surface area contributed by atoms with E-state index in [0.29, 0.717) is 0 Å². The molecule has 0 aliphatic carbocycles. The standard InChI is InChI=1S/C12H14N2O2S2/c1-9-6-7-10(17-9)8-14-18(15,16)12-5-3-2-4-11(12)13/h2-7,14H,8,13H2,1H3. The van der Waals surface area contributed by atoms with Crippen LogP contribution >= 0.6 is 11.3 Å². The fraction of sp³-hybridized carbons (Fsp3) is 0.167. The second-order valence-electron chi connectivity index (χ2n) is 3.87. The van der Waals surface area contributed by atoms with Crippen LogP contribution in [0.3, 0.4) is 0 Å². The van der Waals surface area contributed by atoms with E-state index in [1.54, 1.807) is 29.5 Å². The third-order valence-corrected chi connectivity index (χ3v) is 4.92. The van der Waals surface area contributed by atoms with Crippen molar-refractivity contribution in [3.05, 3.63) is 46.2 Å². The zero-order chi connectivity index (χ0) is 13.2. The van der Waals surface area contributed by atoms with Crippen LogP contribution in [-0.2, 0) is 16.6 Å². The van der Waals surface area contributed by atoms with E-state index in [2.05, 4.69) is 4.72 Å². The number of nitrogen functional groups attached to an aromatic ring is 1. The normalized spacial score (nSPS) is 11.6. The highest BCUT2D eigenvalue weighted by Gasteiger charge is 2.16. The fourth-order valence-corrected chi connectivity index (χ4v) is 3.61. The Balaban J connectivity index is 2.16. The van der Waals surface area contributed by atoms with E-state index < -0.39 is 10.0 Å². The summed E-state index contributed by atoms with van der Waals surface area (Å²) in [5, 5.41) is 0. The molecule has 0 fully saturated rings. The van der Waals surface area contributed by atoms with Gasteiger partial charge in [-0.2, -0.15) is 0 Å². The van der Waals surface area contributed by atoms with Gasteiger partial charge >= 0.3 is 0 Å². The first-order valence-electron chi connectivity index (χ1n) is 5.38. The molecule has 0 aliphatic rings. The molecule has 0 atom stereocenters. The number of anilines is 1. The van der Waals surface area contributed by atoms with Crippen LogP contribution in [0, 0.1) is 6.92 Å². The van der Waals surface area contributed by atoms with Crippen LogP contribution in [0.4, 0.5) is 5.69 Å². The fourth-order valence-electron chi connectivity index (χ4n) is 1.55. The molecule has 4 nitrogen and oxygen atoms in total. The number of rotatable bonds is 4. The van der Waals surface area contributed by atoms with Gasteiger partial charge in [0.25, 0.3) is 0 Å². The summed E-state index contributed by atoms with van der Waals surface area (Å²) in [7, 11) is -3.55. The van der Waals surface area contributed by atoms with Crippen LogP contribution in [0.1, 0.15) is 9.75 Å². The first-order chi connectivity index (χ1) is 8.49. The van der Waals surface area contributed by atoms with E-state index in [4.69, 9.17) is 5.73 Å². The minimum absolute atomic E-state index is 0.123. The third kappa shape index (κ3) is 2.90. The van der Waals surface area contributed by atoms with Crippen molar-refractivity contribution in [3.8, 4) is 0 Å². The molecular weight excluding hydrogens is 268 g/mol. The van der Waals surface area contributed by atoms with Crippen molar-refractivity contribution < 1.29 is 8.42 Å². The van der Waals surface area contributed by atoms with Gasteiger partial charge in [-0.25, -0.2) is 13.1 Å². The first-order valence-corrected chi connectivity index (χ1v) is 7.68. The molecule has 1 heterocycles. The Labute approximate surface area is 111 Å². The van der Waals surface area contributed by atoms with Crippen molar-refractivity contribution in [3.63, 3.8) is 0 Å². The molecule has 1 aromatic carbocycles. The molecule has 0 aliphatic heterocycles. The van der Waals surface area contributed by atoms with Crippen molar-refractivity contribution in [2.45, 2.75) is 18.4 Å². The van der Waals surface area contributed by atoms with Gasteiger partial charge in [0, 0.05) is 16.3 Å². The van der Waals surface area contributed by atoms with Gasteiger partial charge in [-0.15, -0.1) is 11.3 Å². The van der Waals surface area contributed by atoms with Crippen LogP contribution in [0.15, 0.2) is 41.3 Å². The first kappa shape index (κ1) is 13.1.